The first-order valence-corrected chi connectivity index (χ1v) is 6.53. The van der Waals surface area contributed by atoms with Crippen molar-refractivity contribution in [3.63, 3.8) is 0 Å². The average Bonchev–Trinajstić information content (AvgIpc) is 2.68. The maximum Gasteiger partial charge on any atom is 0.163 e. The number of benzene rings is 1. The Hall–Kier alpha value is -0.450. The van der Waals surface area contributed by atoms with Crippen molar-refractivity contribution in [1.29, 1.82) is 0 Å². The smallest absolute Gasteiger partial charge is 0.163 e. The molecule has 16 heavy (non-hydrogen) atoms. The molecule has 0 spiro atoms. The van der Waals surface area contributed by atoms with E-state index in [1.807, 2.05) is 11.4 Å². The molecule has 0 N–H and O–H groups in total. The first-order valence-electron chi connectivity index (χ1n) is 4.42. The van der Waals surface area contributed by atoms with Gasteiger partial charge in [0.1, 0.15) is 0 Å². The topological polar surface area (TPSA) is 0 Å². The van der Waals surface area contributed by atoms with E-state index < -0.39 is 17.0 Å². The van der Waals surface area contributed by atoms with Gasteiger partial charge in [-0.2, -0.15) is 0 Å². The van der Waals surface area contributed by atoms with Crippen LogP contribution < -0.4 is 0 Å². The first-order chi connectivity index (χ1) is 7.61. The highest BCUT2D eigenvalue weighted by atomic mass is 79.9. The molecule has 1 unspecified atom stereocenters. The van der Waals surface area contributed by atoms with Crippen molar-refractivity contribution in [3.8, 4) is 0 Å². The van der Waals surface area contributed by atoms with Gasteiger partial charge in [0.05, 0.1) is 5.38 Å². The van der Waals surface area contributed by atoms with Crippen LogP contribution in [0.3, 0.4) is 0 Å². The van der Waals surface area contributed by atoms with Crippen LogP contribution in [0.1, 0.15) is 15.8 Å². The second-order valence-corrected chi connectivity index (χ2v) is 5.38. The molecule has 0 bridgehead atoms. The van der Waals surface area contributed by atoms with Crippen LogP contribution in [0.15, 0.2) is 34.1 Å². The molecule has 0 fully saturated rings. The summed E-state index contributed by atoms with van der Waals surface area (Å²) in [6.45, 7) is 0. The quantitative estimate of drug-likeness (QED) is 0.673. The molecule has 5 heteroatoms. The molecular weight excluding hydrogens is 318 g/mol. The summed E-state index contributed by atoms with van der Waals surface area (Å²) in [6, 6.07) is 5.84. The summed E-state index contributed by atoms with van der Waals surface area (Å²) < 4.78 is 27.4. The summed E-state index contributed by atoms with van der Waals surface area (Å²) in [5.41, 5.74) is 0.157. The van der Waals surface area contributed by atoms with Crippen LogP contribution in [0.2, 0.25) is 0 Å². The van der Waals surface area contributed by atoms with E-state index in [4.69, 9.17) is 11.6 Å². The van der Waals surface area contributed by atoms with E-state index in [9.17, 15) is 8.78 Å². The average molecular weight is 324 g/mol. The predicted octanol–water partition coefficient (Wildman–Crippen LogP) is 5.12. The Balaban J connectivity index is 2.46. The van der Waals surface area contributed by atoms with Crippen LogP contribution in [-0.4, -0.2) is 0 Å². The Morgan fingerprint density at radius 2 is 2.00 bits per heavy atom. The lowest BCUT2D eigenvalue weighted by Crippen LogP contribution is -1.98. The van der Waals surface area contributed by atoms with Crippen LogP contribution in [-0.2, 0) is 0 Å². The second-order valence-electron chi connectivity index (χ2n) is 3.14. The van der Waals surface area contributed by atoms with Crippen LogP contribution >= 0.6 is 38.9 Å². The van der Waals surface area contributed by atoms with Gasteiger partial charge in [-0.1, -0.05) is 12.1 Å². The lowest BCUT2D eigenvalue weighted by Gasteiger charge is -2.10. The van der Waals surface area contributed by atoms with E-state index in [-0.39, 0.29) is 5.56 Å². The number of hydrogen-bond acceptors (Lipinski definition) is 1. The third-order valence-corrected chi connectivity index (χ3v) is 4.65. The van der Waals surface area contributed by atoms with Gasteiger partial charge in [0.25, 0.3) is 0 Å². The summed E-state index contributed by atoms with van der Waals surface area (Å²) in [7, 11) is 0. The van der Waals surface area contributed by atoms with Crippen molar-refractivity contribution < 1.29 is 8.78 Å². The number of alkyl halides is 1. The summed E-state index contributed by atoms with van der Waals surface area (Å²) in [5.74, 6) is -1.77. The molecule has 0 nitrogen and oxygen atoms in total. The molecule has 1 heterocycles. The molecule has 1 aromatic heterocycles. The van der Waals surface area contributed by atoms with Gasteiger partial charge in [-0.3, -0.25) is 0 Å². The summed E-state index contributed by atoms with van der Waals surface area (Å²) in [6.07, 6.45) is 0. The van der Waals surface area contributed by atoms with E-state index in [0.29, 0.717) is 0 Å². The first kappa shape index (κ1) is 12.0. The lowest BCUT2D eigenvalue weighted by molar-refractivity contribution is 0.500. The minimum absolute atomic E-state index is 0.157. The largest absolute Gasteiger partial charge is 0.204 e. The normalized spacial score (nSPS) is 12.8. The molecule has 1 aromatic carbocycles. The van der Waals surface area contributed by atoms with Gasteiger partial charge in [0, 0.05) is 14.9 Å². The highest BCUT2D eigenvalue weighted by molar-refractivity contribution is 9.10. The van der Waals surface area contributed by atoms with E-state index in [2.05, 4.69) is 15.9 Å². The molecule has 0 aliphatic heterocycles. The zero-order chi connectivity index (χ0) is 11.7. The third kappa shape index (κ3) is 2.14. The van der Waals surface area contributed by atoms with Crippen LogP contribution in [0, 0.1) is 11.6 Å². The fraction of sp³-hybridized carbons (Fsp3) is 0.0909. The van der Waals surface area contributed by atoms with Gasteiger partial charge in [-0.25, -0.2) is 8.78 Å². The second kappa shape index (κ2) is 4.82. The SMILES string of the molecule is Fc1cccc(C(Cl)c2sccc2Br)c1F. The molecule has 84 valence electrons. The predicted molar refractivity (Wildman–Crippen MR) is 66.1 cm³/mol. The Morgan fingerprint density at radius 1 is 1.25 bits per heavy atom. The highest BCUT2D eigenvalue weighted by Gasteiger charge is 2.20. The van der Waals surface area contributed by atoms with E-state index in [0.717, 1.165) is 15.4 Å². The minimum Gasteiger partial charge on any atom is -0.204 e. The summed E-state index contributed by atoms with van der Waals surface area (Å²) in [5, 5.41) is 1.16. The molecule has 0 amide bonds. The Morgan fingerprint density at radius 3 is 2.62 bits per heavy atom. The zero-order valence-electron chi connectivity index (χ0n) is 7.88. The van der Waals surface area contributed by atoms with Crippen molar-refractivity contribution in [2.24, 2.45) is 0 Å². The molecule has 0 saturated heterocycles. The Kier molecular flexibility index (Phi) is 3.62. The molecule has 1 atom stereocenters. The van der Waals surface area contributed by atoms with Crippen molar-refractivity contribution in [1.82, 2.24) is 0 Å². The number of hydrogen-bond donors (Lipinski definition) is 0. The van der Waals surface area contributed by atoms with Crippen LogP contribution in [0.5, 0.6) is 0 Å². The van der Waals surface area contributed by atoms with Gasteiger partial charge >= 0.3 is 0 Å². The molecule has 0 aliphatic carbocycles. The standard InChI is InChI=1S/C11H6BrClF2S/c12-7-4-5-16-11(7)9(13)6-2-1-3-8(14)10(6)15/h1-5,9H. The highest BCUT2D eigenvalue weighted by Crippen LogP contribution is 2.38. The zero-order valence-corrected chi connectivity index (χ0v) is 11.0. The van der Waals surface area contributed by atoms with Crippen LogP contribution in [0.4, 0.5) is 8.78 Å². The minimum atomic E-state index is -0.886. The van der Waals surface area contributed by atoms with Crippen molar-refractivity contribution in [2.45, 2.75) is 5.38 Å². The van der Waals surface area contributed by atoms with Crippen molar-refractivity contribution in [3.05, 3.63) is 56.2 Å². The molecular formula is C11H6BrClF2S. The summed E-state index contributed by atoms with van der Waals surface area (Å²) >= 11 is 10.8. The van der Waals surface area contributed by atoms with Gasteiger partial charge < -0.3 is 0 Å². The molecule has 2 rings (SSSR count). The van der Waals surface area contributed by atoms with E-state index in [1.54, 1.807) is 0 Å². The number of halogens is 4. The van der Waals surface area contributed by atoms with Gasteiger partial charge in [-0.15, -0.1) is 22.9 Å². The maximum atomic E-state index is 13.5. The molecule has 0 radical (unpaired) electrons. The number of thiophene rings is 1. The fourth-order valence-electron chi connectivity index (χ4n) is 1.34. The van der Waals surface area contributed by atoms with E-state index in [1.165, 1.54) is 23.5 Å². The van der Waals surface area contributed by atoms with Crippen molar-refractivity contribution >= 4 is 38.9 Å². The van der Waals surface area contributed by atoms with Gasteiger partial charge in [0.15, 0.2) is 11.6 Å². The van der Waals surface area contributed by atoms with E-state index >= 15 is 0 Å². The van der Waals surface area contributed by atoms with Gasteiger partial charge in [-0.05, 0) is 33.4 Å². The van der Waals surface area contributed by atoms with Crippen molar-refractivity contribution in [2.75, 3.05) is 0 Å². The molecule has 0 aliphatic rings. The lowest BCUT2D eigenvalue weighted by atomic mass is 10.1. The molecule has 2 aromatic rings. The number of rotatable bonds is 2. The monoisotopic (exact) mass is 322 g/mol. The van der Waals surface area contributed by atoms with Gasteiger partial charge in [0.2, 0.25) is 0 Å². The maximum absolute atomic E-state index is 13.5. The Bertz CT molecular complexity index is 512. The third-order valence-electron chi connectivity index (χ3n) is 2.13. The fourth-order valence-corrected chi connectivity index (χ4v) is 3.51. The molecule has 0 saturated carbocycles. The summed E-state index contributed by atoms with van der Waals surface area (Å²) in [4.78, 5) is 0.770. The van der Waals surface area contributed by atoms with Crippen LogP contribution in [0.25, 0.3) is 0 Å². The Labute approximate surface area is 109 Å².